The molecular formula is C7H4F10O. The van der Waals surface area contributed by atoms with Crippen LogP contribution in [0.3, 0.4) is 0 Å². The molecule has 0 aromatic carbocycles. The number of hydrogen-bond donors (Lipinski definition) is 0. The van der Waals surface area contributed by atoms with E-state index in [-0.39, 0.29) is 0 Å². The predicted octanol–water partition coefficient (Wildman–Crippen LogP) is 5.35. The summed E-state index contributed by atoms with van der Waals surface area (Å²) in [4.78, 5) is 0. The molecule has 0 atom stereocenters. The van der Waals surface area contributed by atoms with E-state index in [1.165, 1.54) is 0 Å². The van der Waals surface area contributed by atoms with Crippen molar-refractivity contribution in [2.45, 2.75) is 6.36 Å². The van der Waals surface area contributed by atoms with Crippen LogP contribution in [0.4, 0.5) is 43.9 Å². The zero-order chi connectivity index (χ0) is 15.4. The molecule has 0 aromatic heterocycles. The molecule has 0 spiro atoms. The van der Waals surface area contributed by atoms with Crippen LogP contribution in [0, 0.1) is 0 Å². The number of halogens is 10. The molecule has 0 saturated carbocycles. The van der Waals surface area contributed by atoms with Crippen molar-refractivity contribution in [1.82, 2.24) is 0 Å². The third-order valence-electron chi connectivity index (χ3n) is 0.442. The number of hydrogen-bond acceptors (Lipinski definition) is 1. The van der Waals surface area contributed by atoms with Gasteiger partial charge in [-0.1, -0.05) is 6.58 Å². The molecule has 18 heavy (non-hydrogen) atoms. The van der Waals surface area contributed by atoms with Crippen molar-refractivity contribution in [2.24, 2.45) is 0 Å². The van der Waals surface area contributed by atoms with Crippen molar-refractivity contribution in [3.63, 3.8) is 0 Å². The maximum Gasteiger partial charge on any atom is 0.572 e. The van der Waals surface area contributed by atoms with Gasteiger partial charge in [-0.25, -0.2) is 4.39 Å². The van der Waals surface area contributed by atoms with Gasteiger partial charge in [-0.3, -0.25) is 0 Å². The molecule has 0 rings (SSSR count). The molecular weight excluding hydrogens is 290 g/mol. The molecule has 0 bridgehead atoms. The summed E-state index contributed by atoms with van der Waals surface area (Å²) >= 11 is 0. The first-order valence-electron chi connectivity index (χ1n) is 3.31. The molecule has 0 fully saturated rings. The molecule has 1 nitrogen and oxygen atoms in total. The van der Waals surface area contributed by atoms with Crippen molar-refractivity contribution >= 4 is 0 Å². The Morgan fingerprint density at radius 2 is 1.17 bits per heavy atom. The molecule has 0 unspecified atom stereocenters. The molecule has 0 aliphatic carbocycles. The van der Waals surface area contributed by atoms with Crippen LogP contribution in [0.1, 0.15) is 0 Å². The smallest absolute Gasteiger partial charge is 0.414 e. The first-order chi connectivity index (χ1) is 7.97. The first kappa shape index (κ1) is 21.6. The third-order valence-corrected chi connectivity index (χ3v) is 0.442. The van der Waals surface area contributed by atoms with Crippen LogP contribution in [0.2, 0.25) is 0 Å². The Bertz CT molecular complexity index is 256. The van der Waals surface area contributed by atoms with Crippen molar-refractivity contribution < 1.29 is 48.6 Å². The van der Waals surface area contributed by atoms with E-state index in [0.29, 0.717) is 6.26 Å². The summed E-state index contributed by atoms with van der Waals surface area (Å²) in [6, 6.07) is 0. The summed E-state index contributed by atoms with van der Waals surface area (Å²) in [5.74, 6) is 0. The quantitative estimate of drug-likeness (QED) is 0.468. The van der Waals surface area contributed by atoms with Gasteiger partial charge in [0.15, 0.2) is 6.33 Å². The Hall–Kier alpha value is -1.68. The summed E-state index contributed by atoms with van der Waals surface area (Å²) in [5, 5.41) is 0. The molecule has 0 heterocycles. The Balaban J connectivity index is -0.000000190. The molecule has 0 aliphatic heterocycles. The maximum absolute atomic E-state index is 10.8. The summed E-state index contributed by atoms with van der Waals surface area (Å²) in [6.45, 7) is 2.70. The highest BCUT2D eigenvalue weighted by Crippen LogP contribution is 2.15. The number of alkyl halides is 3. The van der Waals surface area contributed by atoms with Crippen molar-refractivity contribution in [3.05, 3.63) is 37.4 Å². The van der Waals surface area contributed by atoms with Gasteiger partial charge in [-0.2, -0.15) is 26.3 Å². The topological polar surface area (TPSA) is 9.23 Å². The van der Waals surface area contributed by atoms with Crippen LogP contribution in [0.5, 0.6) is 0 Å². The van der Waals surface area contributed by atoms with Gasteiger partial charge in [0.2, 0.25) is 0 Å². The van der Waals surface area contributed by atoms with E-state index < -0.39 is 30.9 Å². The SMILES string of the molecule is C=COC(F)(F)F.FC(F)=C(F)F.FC=C(F)F. The van der Waals surface area contributed by atoms with Crippen molar-refractivity contribution in [1.29, 1.82) is 0 Å². The van der Waals surface area contributed by atoms with E-state index in [1.807, 2.05) is 0 Å². The van der Waals surface area contributed by atoms with Gasteiger partial charge in [-0.15, -0.1) is 13.2 Å². The van der Waals surface area contributed by atoms with Crippen LogP contribution in [0.15, 0.2) is 37.4 Å². The predicted molar refractivity (Wildman–Crippen MR) is 40.2 cm³/mol. The Kier molecular flexibility index (Phi) is 14.1. The highest BCUT2D eigenvalue weighted by molar-refractivity contribution is 4.77. The second-order valence-electron chi connectivity index (χ2n) is 1.65. The molecule has 11 heteroatoms. The molecule has 0 aliphatic rings. The minimum atomic E-state index is -4.57. The van der Waals surface area contributed by atoms with Gasteiger partial charge in [0.05, 0.1) is 6.26 Å². The second-order valence-corrected chi connectivity index (χ2v) is 1.65. The zero-order valence-electron chi connectivity index (χ0n) is 8.05. The van der Waals surface area contributed by atoms with Gasteiger partial charge in [0, 0.05) is 0 Å². The van der Waals surface area contributed by atoms with Crippen LogP contribution >= 0.6 is 0 Å². The van der Waals surface area contributed by atoms with Gasteiger partial charge in [-0.05, 0) is 0 Å². The minimum absolute atomic E-state index is 0.333. The lowest BCUT2D eigenvalue weighted by molar-refractivity contribution is -0.297. The van der Waals surface area contributed by atoms with E-state index in [2.05, 4.69) is 11.3 Å². The monoisotopic (exact) mass is 294 g/mol. The second kappa shape index (κ2) is 11.8. The summed E-state index contributed by atoms with van der Waals surface area (Å²) in [5.41, 5.74) is 0. The van der Waals surface area contributed by atoms with Crippen LogP contribution < -0.4 is 0 Å². The highest BCUT2D eigenvalue weighted by Gasteiger charge is 2.28. The third kappa shape index (κ3) is 36.7. The van der Waals surface area contributed by atoms with Gasteiger partial charge < -0.3 is 4.74 Å². The van der Waals surface area contributed by atoms with Crippen molar-refractivity contribution in [2.75, 3.05) is 0 Å². The van der Waals surface area contributed by atoms with Crippen molar-refractivity contribution in [3.8, 4) is 0 Å². The zero-order valence-corrected chi connectivity index (χ0v) is 8.05. The lowest BCUT2D eigenvalue weighted by atomic mass is 11.1. The van der Waals surface area contributed by atoms with Gasteiger partial charge >= 0.3 is 18.5 Å². The molecule has 0 radical (unpaired) electrons. The fraction of sp³-hybridized carbons (Fsp3) is 0.143. The molecule has 0 saturated heterocycles. The van der Waals surface area contributed by atoms with E-state index in [4.69, 9.17) is 0 Å². The molecule has 0 aromatic rings. The van der Waals surface area contributed by atoms with E-state index in [1.54, 1.807) is 0 Å². The standard InChI is InChI=1S/C3H3F3O.C2F4.C2HF3/c1-2-7-3(4,5)6;3-1(4)2(5)6;3-1-2(4)5/h2H,1H2;;1H. The van der Waals surface area contributed by atoms with Crippen LogP contribution in [-0.4, -0.2) is 6.36 Å². The lowest BCUT2D eigenvalue weighted by Gasteiger charge is -2.00. The molecule has 0 amide bonds. The molecule has 108 valence electrons. The van der Waals surface area contributed by atoms with Crippen LogP contribution in [0.25, 0.3) is 0 Å². The van der Waals surface area contributed by atoms with Gasteiger partial charge in [0.1, 0.15) is 0 Å². The van der Waals surface area contributed by atoms with Crippen LogP contribution in [-0.2, 0) is 4.74 Å². The summed E-state index contributed by atoms with van der Waals surface area (Å²) < 4.78 is 107. The van der Waals surface area contributed by atoms with E-state index in [9.17, 15) is 43.9 Å². The highest BCUT2D eigenvalue weighted by atomic mass is 19.4. The summed E-state index contributed by atoms with van der Waals surface area (Å²) in [6.07, 6.45) is -13.1. The first-order valence-corrected chi connectivity index (χ1v) is 3.31. The van der Waals surface area contributed by atoms with Gasteiger partial charge in [0.25, 0.3) is 6.08 Å². The number of rotatable bonds is 1. The Labute approximate surface area is 93.6 Å². The van der Waals surface area contributed by atoms with E-state index >= 15 is 0 Å². The fourth-order valence-electron chi connectivity index (χ4n) is 0.0945. The largest absolute Gasteiger partial charge is 0.572 e. The summed E-state index contributed by atoms with van der Waals surface area (Å²) in [7, 11) is 0. The molecule has 0 N–H and O–H groups in total. The fourth-order valence-corrected chi connectivity index (χ4v) is 0.0945. The average molecular weight is 294 g/mol. The Morgan fingerprint density at radius 1 is 0.889 bits per heavy atom. The Morgan fingerprint density at radius 3 is 1.17 bits per heavy atom. The average Bonchev–Trinajstić information content (AvgIpc) is 2.17. The van der Waals surface area contributed by atoms with E-state index in [0.717, 1.165) is 0 Å². The number of ether oxygens (including phenoxy) is 1. The lowest BCUT2D eigenvalue weighted by Crippen LogP contribution is -2.07. The normalized spacial score (nSPS) is 8.78. The minimum Gasteiger partial charge on any atom is -0.414 e. The maximum atomic E-state index is 10.8.